The number of aliphatic carboxylic acids is 1. The molecule has 0 aromatic carbocycles. The Labute approximate surface area is 91.1 Å². The minimum absolute atomic E-state index is 0.0546. The average molecular weight is 225 g/mol. The van der Waals surface area contributed by atoms with Crippen LogP contribution in [-0.2, 0) is 22.4 Å². The second-order valence-electron chi connectivity index (χ2n) is 2.94. The lowest BCUT2D eigenvalue weighted by Crippen LogP contribution is -2.25. The van der Waals surface area contributed by atoms with Gasteiger partial charge in [0.1, 0.15) is 12.8 Å². The Bertz CT molecular complexity index is 399. The molecule has 7 nitrogen and oxygen atoms in total. The van der Waals surface area contributed by atoms with Crippen molar-refractivity contribution in [3.63, 3.8) is 0 Å². The highest BCUT2D eigenvalue weighted by Crippen LogP contribution is 1.99. The first kappa shape index (κ1) is 11.9. The fraction of sp³-hybridized carbons (Fsp3) is 0.333. The number of carbonyl (C=O) groups excluding carboxylic acids is 1. The summed E-state index contributed by atoms with van der Waals surface area (Å²) < 4.78 is 4.71. The van der Waals surface area contributed by atoms with E-state index in [1.807, 2.05) is 0 Å². The molecule has 0 aliphatic rings. The Morgan fingerprint density at radius 3 is 2.88 bits per heavy atom. The van der Waals surface area contributed by atoms with E-state index in [4.69, 9.17) is 9.63 Å². The zero-order valence-electron chi connectivity index (χ0n) is 8.47. The summed E-state index contributed by atoms with van der Waals surface area (Å²) in [6.45, 7) is 3.80. The van der Waals surface area contributed by atoms with Gasteiger partial charge in [0.15, 0.2) is 5.82 Å². The highest BCUT2D eigenvalue weighted by Gasteiger charge is 2.12. The number of nitrogens with zero attached hydrogens (tertiary/aromatic N) is 2. The summed E-state index contributed by atoms with van der Waals surface area (Å²) in [7, 11) is 0. The fourth-order valence-corrected chi connectivity index (χ4v) is 0.955. The predicted octanol–water partition coefficient (Wildman–Crippen LogP) is -0.459. The van der Waals surface area contributed by atoms with Crippen molar-refractivity contribution in [2.24, 2.45) is 0 Å². The van der Waals surface area contributed by atoms with E-state index in [-0.39, 0.29) is 30.5 Å². The van der Waals surface area contributed by atoms with E-state index in [1.165, 1.54) is 0 Å². The number of carboxylic acids is 1. The molecule has 0 saturated carbocycles. The normalized spacial score (nSPS) is 9.75. The van der Waals surface area contributed by atoms with Gasteiger partial charge in [0.05, 0.1) is 0 Å². The van der Waals surface area contributed by atoms with E-state index in [9.17, 15) is 9.59 Å². The van der Waals surface area contributed by atoms with Gasteiger partial charge < -0.3 is 14.9 Å². The summed E-state index contributed by atoms with van der Waals surface area (Å²) in [6.07, 6.45) is 1.15. The van der Waals surface area contributed by atoms with E-state index >= 15 is 0 Å². The molecule has 0 radical (unpaired) electrons. The number of hydrogen-bond donors (Lipinski definition) is 2. The molecule has 1 aromatic rings. The van der Waals surface area contributed by atoms with E-state index in [0.29, 0.717) is 6.54 Å². The molecule has 1 rings (SSSR count). The minimum atomic E-state index is -1.05. The van der Waals surface area contributed by atoms with E-state index in [0.717, 1.165) is 0 Å². The van der Waals surface area contributed by atoms with E-state index in [2.05, 4.69) is 22.0 Å². The zero-order chi connectivity index (χ0) is 12.0. The van der Waals surface area contributed by atoms with Crippen LogP contribution in [-0.4, -0.2) is 33.7 Å². The molecule has 1 aromatic heterocycles. The third-order valence-corrected chi connectivity index (χ3v) is 1.57. The second-order valence-corrected chi connectivity index (χ2v) is 2.94. The summed E-state index contributed by atoms with van der Waals surface area (Å²) >= 11 is 0. The van der Waals surface area contributed by atoms with Gasteiger partial charge in [-0.2, -0.15) is 4.98 Å². The van der Waals surface area contributed by atoms with Crippen molar-refractivity contribution in [1.82, 2.24) is 15.5 Å². The summed E-state index contributed by atoms with van der Waals surface area (Å²) in [6, 6.07) is 0. The van der Waals surface area contributed by atoms with Crippen LogP contribution in [0, 0.1) is 0 Å². The molecule has 7 heteroatoms. The molecular weight excluding hydrogens is 214 g/mol. The third kappa shape index (κ3) is 3.91. The first-order valence-electron chi connectivity index (χ1n) is 4.52. The third-order valence-electron chi connectivity index (χ3n) is 1.57. The van der Waals surface area contributed by atoms with Gasteiger partial charge in [-0.3, -0.25) is 9.59 Å². The van der Waals surface area contributed by atoms with E-state index < -0.39 is 5.97 Å². The summed E-state index contributed by atoms with van der Waals surface area (Å²) in [5.41, 5.74) is 0. The number of carboxylic acid groups (broad SMARTS) is 1. The highest BCUT2D eigenvalue weighted by molar-refractivity contribution is 5.77. The van der Waals surface area contributed by atoms with Crippen molar-refractivity contribution in [1.29, 1.82) is 0 Å². The van der Waals surface area contributed by atoms with Gasteiger partial charge in [0.25, 0.3) is 0 Å². The van der Waals surface area contributed by atoms with Crippen LogP contribution in [0.1, 0.15) is 11.7 Å². The van der Waals surface area contributed by atoms with Gasteiger partial charge in [0, 0.05) is 6.54 Å². The van der Waals surface area contributed by atoms with Gasteiger partial charge >= 0.3 is 5.97 Å². The first-order valence-corrected chi connectivity index (χ1v) is 4.52. The van der Waals surface area contributed by atoms with Crippen LogP contribution in [0.15, 0.2) is 17.2 Å². The zero-order valence-corrected chi connectivity index (χ0v) is 8.47. The number of nitrogens with one attached hydrogen (secondary N) is 1. The maximum atomic E-state index is 11.2. The SMILES string of the molecule is C=CCNC(=O)Cc1nc(CC(=O)O)no1. The largest absolute Gasteiger partial charge is 0.481 e. The van der Waals surface area contributed by atoms with Gasteiger partial charge in [-0.25, -0.2) is 0 Å². The fourth-order valence-electron chi connectivity index (χ4n) is 0.955. The number of carbonyl (C=O) groups is 2. The van der Waals surface area contributed by atoms with Crippen LogP contribution in [0.3, 0.4) is 0 Å². The molecule has 0 spiro atoms. The van der Waals surface area contributed by atoms with Crippen molar-refractivity contribution in [3.05, 3.63) is 24.4 Å². The number of amides is 1. The molecule has 0 aliphatic carbocycles. The van der Waals surface area contributed by atoms with Crippen LogP contribution in [0.5, 0.6) is 0 Å². The predicted molar refractivity (Wildman–Crippen MR) is 52.5 cm³/mol. The van der Waals surface area contributed by atoms with Crippen molar-refractivity contribution < 1.29 is 19.2 Å². The molecule has 0 atom stereocenters. The molecule has 0 unspecified atom stereocenters. The molecule has 86 valence electrons. The Hall–Kier alpha value is -2.18. The lowest BCUT2D eigenvalue weighted by molar-refractivity contribution is -0.136. The van der Waals surface area contributed by atoms with Crippen LogP contribution >= 0.6 is 0 Å². The topological polar surface area (TPSA) is 105 Å². The molecule has 2 N–H and O–H groups in total. The minimum Gasteiger partial charge on any atom is -0.481 e. The van der Waals surface area contributed by atoms with Gasteiger partial charge in [-0.05, 0) is 0 Å². The Balaban J connectivity index is 2.48. The summed E-state index contributed by atoms with van der Waals surface area (Å²) in [5, 5.41) is 14.4. The van der Waals surface area contributed by atoms with Gasteiger partial charge in [0.2, 0.25) is 11.8 Å². The monoisotopic (exact) mass is 225 g/mol. The van der Waals surface area contributed by atoms with Crippen molar-refractivity contribution in [2.75, 3.05) is 6.54 Å². The lowest BCUT2D eigenvalue weighted by atomic mass is 10.4. The average Bonchev–Trinajstić information content (AvgIpc) is 2.61. The Morgan fingerprint density at radius 1 is 1.50 bits per heavy atom. The molecule has 0 saturated heterocycles. The number of hydrogen-bond acceptors (Lipinski definition) is 5. The molecule has 1 amide bonds. The standard InChI is InChI=1S/C9H11N3O4/c1-2-3-10-7(13)5-8-11-6(12-16-8)4-9(14)15/h2H,1,3-5H2,(H,10,13)(H,14,15). The maximum absolute atomic E-state index is 11.2. The Morgan fingerprint density at radius 2 is 2.25 bits per heavy atom. The molecule has 0 aliphatic heterocycles. The van der Waals surface area contributed by atoms with Crippen molar-refractivity contribution in [2.45, 2.75) is 12.8 Å². The van der Waals surface area contributed by atoms with Crippen LogP contribution in [0.25, 0.3) is 0 Å². The molecule has 0 fully saturated rings. The van der Waals surface area contributed by atoms with Gasteiger partial charge in [-0.15, -0.1) is 6.58 Å². The van der Waals surface area contributed by atoms with Crippen molar-refractivity contribution in [3.8, 4) is 0 Å². The quantitative estimate of drug-likeness (QED) is 0.635. The number of rotatable bonds is 6. The number of aromatic nitrogens is 2. The highest BCUT2D eigenvalue weighted by atomic mass is 16.5. The summed E-state index contributed by atoms with van der Waals surface area (Å²) in [4.78, 5) is 25.3. The maximum Gasteiger partial charge on any atom is 0.311 e. The van der Waals surface area contributed by atoms with Crippen LogP contribution in [0.2, 0.25) is 0 Å². The summed E-state index contributed by atoms with van der Waals surface area (Å²) in [5.74, 6) is -1.19. The second kappa shape index (κ2) is 5.64. The Kier molecular flexibility index (Phi) is 4.19. The molecular formula is C9H11N3O4. The van der Waals surface area contributed by atoms with Gasteiger partial charge in [-0.1, -0.05) is 11.2 Å². The first-order chi connectivity index (χ1) is 7.61. The van der Waals surface area contributed by atoms with Crippen molar-refractivity contribution >= 4 is 11.9 Å². The molecule has 16 heavy (non-hydrogen) atoms. The van der Waals surface area contributed by atoms with Crippen LogP contribution in [0.4, 0.5) is 0 Å². The molecule has 0 bridgehead atoms. The van der Waals surface area contributed by atoms with E-state index in [1.54, 1.807) is 6.08 Å². The molecule has 1 heterocycles. The van der Waals surface area contributed by atoms with Crippen LogP contribution < -0.4 is 5.32 Å². The lowest BCUT2D eigenvalue weighted by Gasteiger charge is -1.97. The smallest absolute Gasteiger partial charge is 0.311 e.